The van der Waals surface area contributed by atoms with Crippen LogP contribution in [0.15, 0.2) is 4.90 Å². The van der Waals surface area contributed by atoms with Crippen molar-refractivity contribution in [3.8, 4) is 0 Å². The van der Waals surface area contributed by atoms with E-state index in [0.29, 0.717) is 16.5 Å². The van der Waals surface area contributed by atoms with Gasteiger partial charge in [-0.05, 0) is 12.7 Å². The summed E-state index contributed by atoms with van der Waals surface area (Å²) in [5.41, 5.74) is 6.61. The summed E-state index contributed by atoms with van der Waals surface area (Å²) in [4.78, 5) is 13.3. The summed E-state index contributed by atoms with van der Waals surface area (Å²) in [6.07, 6.45) is 3.06. The molecule has 2 rings (SSSR count). The molecule has 4 N–H and O–H groups in total. The fourth-order valence-corrected chi connectivity index (χ4v) is 4.00. The number of thioether (sulfide) groups is 1. The molecule has 1 atom stereocenters. The minimum Gasteiger partial charge on any atom is -0.396 e. The average Bonchev–Trinajstić information content (AvgIpc) is 3.03. The van der Waals surface area contributed by atoms with E-state index in [1.54, 1.807) is 18.8 Å². The van der Waals surface area contributed by atoms with E-state index < -0.39 is 0 Å². The SMILES string of the molecule is CNC(=O)c1sc(NCC2CCOC2)c(SC)c1N. The van der Waals surface area contributed by atoms with Gasteiger partial charge >= 0.3 is 0 Å². The fourth-order valence-electron chi connectivity index (χ4n) is 2.01. The monoisotopic (exact) mass is 301 g/mol. The number of nitrogen functional groups attached to an aromatic ring is 1. The van der Waals surface area contributed by atoms with Crippen LogP contribution in [0, 0.1) is 5.92 Å². The van der Waals surface area contributed by atoms with Gasteiger partial charge in [-0.1, -0.05) is 0 Å². The summed E-state index contributed by atoms with van der Waals surface area (Å²) in [5, 5.41) is 7.00. The molecule has 1 unspecified atom stereocenters. The number of hydrogen-bond acceptors (Lipinski definition) is 6. The largest absolute Gasteiger partial charge is 0.396 e. The lowest BCUT2D eigenvalue weighted by atomic mass is 10.1. The number of thiophene rings is 1. The van der Waals surface area contributed by atoms with Crippen molar-refractivity contribution in [2.45, 2.75) is 11.3 Å². The van der Waals surface area contributed by atoms with Crippen LogP contribution < -0.4 is 16.4 Å². The van der Waals surface area contributed by atoms with Crippen molar-refractivity contribution in [3.05, 3.63) is 4.88 Å². The second-order valence-corrected chi connectivity index (χ2v) is 6.23. The molecule has 0 aromatic carbocycles. The lowest BCUT2D eigenvalue weighted by Gasteiger charge is -2.10. The fraction of sp³-hybridized carbons (Fsp3) is 0.583. The van der Waals surface area contributed by atoms with Crippen molar-refractivity contribution in [2.75, 3.05) is 44.1 Å². The Morgan fingerprint density at radius 3 is 3.00 bits per heavy atom. The van der Waals surface area contributed by atoms with E-state index in [4.69, 9.17) is 10.5 Å². The van der Waals surface area contributed by atoms with Gasteiger partial charge in [-0.3, -0.25) is 4.79 Å². The van der Waals surface area contributed by atoms with E-state index in [2.05, 4.69) is 10.6 Å². The Kier molecular flexibility index (Phi) is 4.95. The molecule has 0 saturated carbocycles. The maximum atomic E-state index is 11.7. The van der Waals surface area contributed by atoms with Gasteiger partial charge in [-0.25, -0.2) is 0 Å². The molecule has 5 nitrogen and oxygen atoms in total. The van der Waals surface area contributed by atoms with Crippen molar-refractivity contribution >= 4 is 39.7 Å². The number of anilines is 2. The third-order valence-electron chi connectivity index (χ3n) is 3.11. The standard InChI is InChI=1S/C12H19N3O2S2/c1-14-11(16)9-8(13)10(18-2)12(19-9)15-5-7-3-4-17-6-7/h7,15H,3-6,13H2,1-2H3,(H,14,16). The smallest absolute Gasteiger partial charge is 0.263 e. The number of amides is 1. The Bertz CT molecular complexity index is 456. The minimum atomic E-state index is -0.130. The van der Waals surface area contributed by atoms with Crippen LogP contribution >= 0.6 is 23.1 Å². The Morgan fingerprint density at radius 2 is 2.42 bits per heavy atom. The zero-order valence-electron chi connectivity index (χ0n) is 11.1. The van der Waals surface area contributed by atoms with Gasteiger partial charge in [0.25, 0.3) is 5.91 Å². The van der Waals surface area contributed by atoms with Gasteiger partial charge in [-0.15, -0.1) is 23.1 Å². The number of hydrogen-bond donors (Lipinski definition) is 3. The second-order valence-electron chi connectivity index (χ2n) is 4.40. The second kappa shape index (κ2) is 6.49. The van der Waals surface area contributed by atoms with Gasteiger partial charge in [-0.2, -0.15) is 0 Å². The first-order chi connectivity index (χ1) is 9.17. The first-order valence-corrected chi connectivity index (χ1v) is 8.21. The first-order valence-electron chi connectivity index (χ1n) is 6.17. The molecule has 0 bridgehead atoms. The maximum Gasteiger partial charge on any atom is 0.263 e. The molecule has 19 heavy (non-hydrogen) atoms. The molecular weight excluding hydrogens is 282 g/mol. The normalized spacial score (nSPS) is 18.5. The number of rotatable bonds is 5. The molecule has 1 aliphatic heterocycles. The number of ether oxygens (including phenoxy) is 1. The van der Waals surface area contributed by atoms with E-state index in [1.165, 1.54) is 11.3 Å². The summed E-state index contributed by atoms with van der Waals surface area (Å²) in [7, 11) is 1.61. The predicted octanol–water partition coefficient (Wildman–Crippen LogP) is 1.86. The van der Waals surface area contributed by atoms with E-state index in [0.717, 1.165) is 36.1 Å². The van der Waals surface area contributed by atoms with Gasteiger partial charge in [0.2, 0.25) is 0 Å². The van der Waals surface area contributed by atoms with Crippen LogP contribution in [0.1, 0.15) is 16.1 Å². The van der Waals surface area contributed by atoms with Crippen LogP contribution in [-0.4, -0.2) is 39.0 Å². The lowest BCUT2D eigenvalue weighted by molar-refractivity contribution is 0.0968. The number of nitrogens with one attached hydrogen (secondary N) is 2. The van der Waals surface area contributed by atoms with Gasteiger partial charge in [0.15, 0.2) is 0 Å². The van der Waals surface area contributed by atoms with Crippen molar-refractivity contribution in [1.82, 2.24) is 5.32 Å². The summed E-state index contributed by atoms with van der Waals surface area (Å²) in [6.45, 7) is 2.52. The van der Waals surface area contributed by atoms with Gasteiger partial charge in [0, 0.05) is 26.1 Å². The first kappa shape index (κ1) is 14.5. The van der Waals surface area contributed by atoms with E-state index in [-0.39, 0.29) is 5.91 Å². The van der Waals surface area contributed by atoms with Crippen molar-refractivity contribution in [3.63, 3.8) is 0 Å². The van der Waals surface area contributed by atoms with Crippen LogP contribution in [-0.2, 0) is 4.74 Å². The van der Waals surface area contributed by atoms with Crippen molar-refractivity contribution in [1.29, 1.82) is 0 Å². The van der Waals surface area contributed by atoms with Gasteiger partial charge < -0.3 is 21.1 Å². The zero-order chi connectivity index (χ0) is 13.8. The van der Waals surface area contributed by atoms with Crippen molar-refractivity contribution < 1.29 is 9.53 Å². The predicted molar refractivity (Wildman–Crippen MR) is 81.3 cm³/mol. The Morgan fingerprint density at radius 1 is 1.63 bits per heavy atom. The highest BCUT2D eigenvalue weighted by atomic mass is 32.2. The zero-order valence-corrected chi connectivity index (χ0v) is 12.7. The average molecular weight is 301 g/mol. The van der Waals surface area contributed by atoms with Crippen LogP contribution in [0.4, 0.5) is 10.7 Å². The summed E-state index contributed by atoms with van der Waals surface area (Å²) in [5.74, 6) is 0.413. The molecule has 7 heteroatoms. The van der Waals surface area contributed by atoms with E-state index >= 15 is 0 Å². The highest BCUT2D eigenvalue weighted by Crippen LogP contribution is 2.41. The molecule has 1 aromatic heterocycles. The highest BCUT2D eigenvalue weighted by molar-refractivity contribution is 7.99. The van der Waals surface area contributed by atoms with Crippen LogP contribution in [0.2, 0.25) is 0 Å². The molecule has 106 valence electrons. The third-order valence-corrected chi connectivity index (χ3v) is 5.24. The molecule has 2 heterocycles. The molecule has 1 aliphatic rings. The molecule has 1 fully saturated rings. The van der Waals surface area contributed by atoms with Gasteiger partial charge in [0.05, 0.1) is 17.2 Å². The lowest BCUT2D eigenvalue weighted by Crippen LogP contribution is -2.17. The van der Waals surface area contributed by atoms with Crippen molar-refractivity contribution in [2.24, 2.45) is 5.92 Å². The number of nitrogens with two attached hydrogens (primary N) is 1. The van der Waals surface area contributed by atoms with Crippen LogP contribution in [0.25, 0.3) is 0 Å². The van der Waals surface area contributed by atoms with Crippen LogP contribution in [0.3, 0.4) is 0 Å². The maximum absolute atomic E-state index is 11.7. The number of carbonyl (C=O) groups excluding carboxylic acids is 1. The highest BCUT2D eigenvalue weighted by Gasteiger charge is 2.21. The molecule has 1 saturated heterocycles. The summed E-state index contributed by atoms with van der Waals surface area (Å²) >= 11 is 2.98. The van der Waals surface area contributed by atoms with Gasteiger partial charge in [0.1, 0.15) is 9.88 Å². The Hall–Kier alpha value is -0.920. The molecule has 0 aliphatic carbocycles. The molecule has 1 amide bonds. The molecule has 1 aromatic rings. The molecule has 0 spiro atoms. The van der Waals surface area contributed by atoms with E-state index in [9.17, 15) is 4.79 Å². The Labute approximate surface area is 121 Å². The van der Waals surface area contributed by atoms with E-state index in [1.807, 2.05) is 6.26 Å². The summed E-state index contributed by atoms with van der Waals surface area (Å²) in [6, 6.07) is 0. The number of carbonyl (C=O) groups is 1. The summed E-state index contributed by atoms with van der Waals surface area (Å²) < 4.78 is 5.36. The topological polar surface area (TPSA) is 76.4 Å². The third kappa shape index (κ3) is 3.16. The molecular formula is C12H19N3O2S2. The quantitative estimate of drug-likeness (QED) is 0.724. The minimum absolute atomic E-state index is 0.130. The molecule has 0 radical (unpaired) electrons. The Balaban J connectivity index is 2.12. The van der Waals surface area contributed by atoms with Crippen LogP contribution in [0.5, 0.6) is 0 Å².